The first-order valence-corrected chi connectivity index (χ1v) is 6.96. The van der Waals surface area contributed by atoms with Gasteiger partial charge in [0.2, 0.25) is 0 Å². The first-order chi connectivity index (χ1) is 9.40. The van der Waals surface area contributed by atoms with Gasteiger partial charge in [0.05, 0.1) is 16.6 Å². The van der Waals surface area contributed by atoms with Gasteiger partial charge in [-0.05, 0) is 24.8 Å². The lowest BCUT2D eigenvalue weighted by Crippen LogP contribution is -2.36. The molecule has 2 aromatic heterocycles. The summed E-state index contributed by atoms with van der Waals surface area (Å²) in [5.74, 6) is 0.500. The number of rotatable bonds is 4. The highest BCUT2D eigenvalue weighted by atomic mass is 16.5. The van der Waals surface area contributed by atoms with Gasteiger partial charge in [-0.2, -0.15) is 0 Å². The molecule has 20 heavy (non-hydrogen) atoms. The predicted octanol–water partition coefficient (Wildman–Crippen LogP) is 3.12. The fourth-order valence-electron chi connectivity index (χ4n) is 1.85. The zero-order valence-corrected chi connectivity index (χ0v) is 12.6. The molecule has 0 aliphatic rings. The molecular weight excluding hydrogens is 254 g/mol. The summed E-state index contributed by atoms with van der Waals surface area (Å²) in [5, 5.41) is 7.80. The van der Waals surface area contributed by atoms with Gasteiger partial charge in [0.1, 0.15) is 0 Å². The highest BCUT2D eigenvalue weighted by Crippen LogP contribution is 2.24. The summed E-state index contributed by atoms with van der Waals surface area (Å²) in [5.41, 5.74) is 1.84. The minimum Gasteiger partial charge on any atom is -0.349 e. The molecule has 0 aromatic carbocycles. The molecule has 0 radical (unpaired) electrons. The molecule has 0 aliphatic carbocycles. The van der Waals surface area contributed by atoms with Crippen molar-refractivity contribution in [3.63, 3.8) is 0 Å². The fourth-order valence-corrected chi connectivity index (χ4v) is 1.85. The number of carbonyl (C=O) groups excluding carboxylic acids is 1. The van der Waals surface area contributed by atoms with Gasteiger partial charge >= 0.3 is 0 Å². The summed E-state index contributed by atoms with van der Waals surface area (Å²) in [6.07, 6.45) is 1.53. The van der Waals surface area contributed by atoms with Crippen molar-refractivity contribution < 1.29 is 9.32 Å². The van der Waals surface area contributed by atoms with Crippen molar-refractivity contribution in [2.24, 2.45) is 5.92 Å². The van der Waals surface area contributed by atoms with Gasteiger partial charge in [-0.1, -0.05) is 32.9 Å². The van der Waals surface area contributed by atoms with E-state index in [0.717, 1.165) is 11.1 Å². The third-order valence-electron chi connectivity index (χ3n) is 3.53. The maximum Gasteiger partial charge on any atom is 0.257 e. The number of carbonyl (C=O) groups is 1. The molecular formula is C15H21N3O2. The Bertz CT molecular complexity index is 617. The quantitative estimate of drug-likeness (QED) is 0.930. The lowest BCUT2D eigenvalue weighted by molar-refractivity contribution is 0.0930. The molecule has 2 rings (SSSR count). The van der Waals surface area contributed by atoms with E-state index >= 15 is 0 Å². The van der Waals surface area contributed by atoms with Crippen LogP contribution in [0.15, 0.2) is 16.8 Å². The lowest BCUT2D eigenvalue weighted by atomic mass is 10.0. The molecule has 0 spiro atoms. The van der Waals surface area contributed by atoms with Crippen molar-refractivity contribution in [2.75, 3.05) is 0 Å². The molecule has 0 saturated heterocycles. The second kappa shape index (κ2) is 5.61. The van der Waals surface area contributed by atoms with Crippen LogP contribution in [0.25, 0.3) is 11.1 Å². The summed E-state index contributed by atoms with van der Waals surface area (Å²) in [6, 6.07) is 1.92. The van der Waals surface area contributed by atoms with E-state index in [2.05, 4.69) is 29.3 Å². The zero-order valence-electron chi connectivity index (χ0n) is 12.6. The molecule has 0 saturated carbocycles. The highest BCUT2D eigenvalue weighted by molar-refractivity contribution is 5.97. The largest absolute Gasteiger partial charge is 0.349 e. The van der Waals surface area contributed by atoms with E-state index in [0.29, 0.717) is 17.2 Å². The number of amides is 1. The first kappa shape index (κ1) is 14.5. The Morgan fingerprint density at radius 2 is 1.95 bits per heavy atom. The summed E-state index contributed by atoms with van der Waals surface area (Å²) >= 11 is 0. The van der Waals surface area contributed by atoms with Crippen LogP contribution >= 0.6 is 0 Å². The zero-order chi connectivity index (χ0) is 14.9. The van der Waals surface area contributed by atoms with E-state index in [1.54, 1.807) is 6.07 Å². The van der Waals surface area contributed by atoms with Crippen LogP contribution in [0.4, 0.5) is 0 Å². The molecule has 0 bridgehead atoms. The predicted molar refractivity (Wildman–Crippen MR) is 77.7 cm³/mol. The van der Waals surface area contributed by atoms with E-state index in [-0.39, 0.29) is 17.9 Å². The number of aromatic nitrogens is 2. The highest BCUT2D eigenvalue weighted by Gasteiger charge is 2.17. The molecule has 5 heteroatoms. The molecule has 2 aromatic rings. The summed E-state index contributed by atoms with van der Waals surface area (Å²) in [6.45, 7) is 10.2. The van der Waals surface area contributed by atoms with Gasteiger partial charge in [-0.25, -0.2) is 4.98 Å². The summed E-state index contributed by atoms with van der Waals surface area (Å²) < 4.78 is 5.17. The van der Waals surface area contributed by atoms with E-state index in [1.165, 1.54) is 6.20 Å². The number of pyridine rings is 1. The van der Waals surface area contributed by atoms with Crippen LogP contribution < -0.4 is 5.32 Å². The van der Waals surface area contributed by atoms with Crippen molar-refractivity contribution in [1.29, 1.82) is 0 Å². The SMILES string of the molecule is CC(C)c1noc2ncc(C(=O)N[C@H](C)C(C)C)cc12. The van der Waals surface area contributed by atoms with E-state index in [4.69, 9.17) is 4.52 Å². The van der Waals surface area contributed by atoms with Gasteiger partial charge < -0.3 is 9.84 Å². The second-order valence-corrected chi connectivity index (χ2v) is 5.81. The minimum atomic E-state index is -0.114. The van der Waals surface area contributed by atoms with Gasteiger partial charge in [0.15, 0.2) is 0 Å². The van der Waals surface area contributed by atoms with Crippen molar-refractivity contribution >= 4 is 17.0 Å². The molecule has 1 atom stereocenters. The van der Waals surface area contributed by atoms with Gasteiger partial charge in [0, 0.05) is 12.2 Å². The smallest absolute Gasteiger partial charge is 0.257 e. The van der Waals surface area contributed by atoms with Crippen LogP contribution in [-0.2, 0) is 0 Å². The Kier molecular flexibility index (Phi) is 4.06. The Morgan fingerprint density at radius 1 is 1.25 bits per heavy atom. The minimum absolute atomic E-state index is 0.114. The van der Waals surface area contributed by atoms with Crippen molar-refractivity contribution in [2.45, 2.75) is 46.6 Å². The molecule has 108 valence electrons. The first-order valence-electron chi connectivity index (χ1n) is 6.96. The van der Waals surface area contributed by atoms with Crippen LogP contribution in [0.2, 0.25) is 0 Å². The Hall–Kier alpha value is -1.91. The molecule has 1 amide bonds. The molecule has 2 heterocycles. The molecule has 0 unspecified atom stereocenters. The van der Waals surface area contributed by atoms with Crippen molar-refractivity contribution in [3.8, 4) is 0 Å². The molecule has 0 fully saturated rings. The summed E-state index contributed by atoms with van der Waals surface area (Å²) in [7, 11) is 0. The maximum absolute atomic E-state index is 12.2. The van der Waals surface area contributed by atoms with E-state index in [1.807, 2.05) is 20.8 Å². The van der Waals surface area contributed by atoms with Gasteiger partial charge in [0.25, 0.3) is 11.6 Å². The summed E-state index contributed by atoms with van der Waals surface area (Å²) in [4.78, 5) is 16.4. The number of fused-ring (bicyclic) bond motifs is 1. The fraction of sp³-hybridized carbons (Fsp3) is 0.533. The standard InChI is InChI=1S/C15H21N3O2/c1-8(2)10(5)17-14(19)11-6-12-13(9(3)4)18-20-15(12)16-7-11/h6-10H,1-5H3,(H,17,19)/t10-/m1/s1. The van der Waals surface area contributed by atoms with Gasteiger partial charge in [-0.3, -0.25) is 4.79 Å². The van der Waals surface area contributed by atoms with Crippen molar-refractivity contribution in [1.82, 2.24) is 15.5 Å². The van der Waals surface area contributed by atoms with E-state index in [9.17, 15) is 4.79 Å². The monoisotopic (exact) mass is 275 g/mol. The van der Waals surface area contributed by atoms with Crippen LogP contribution in [-0.4, -0.2) is 22.1 Å². The topological polar surface area (TPSA) is 68.0 Å². The molecule has 5 nitrogen and oxygen atoms in total. The third kappa shape index (κ3) is 2.81. The number of hydrogen-bond donors (Lipinski definition) is 1. The normalized spacial score (nSPS) is 13.2. The second-order valence-electron chi connectivity index (χ2n) is 5.81. The van der Waals surface area contributed by atoms with Crippen LogP contribution in [0.5, 0.6) is 0 Å². The van der Waals surface area contributed by atoms with Gasteiger partial charge in [-0.15, -0.1) is 0 Å². The Morgan fingerprint density at radius 3 is 2.55 bits per heavy atom. The van der Waals surface area contributed by atoms with Crippen LogP contribution in [0.1, 0.15) is 56.6 Å². The number of hydrogen-bond acceptors (Lipinski definition) is 4. The maximum atomic E-state index is 12.2. The van der Waals surface area contributed by atoms with Crippen LogP contribution in [0.3, 0.4) is 0 Å². The van der Waals surface area contributed by atoms with E-state index < -0.39 is 0 Å². The van der Waals surface area contributed by atoms with Crippen LogP contribution in [0, 0.1) is 5.92 Å². The number of nitrogens with zero attached hydrogens (tertiary/aromatic N) is 2. The average Bonchev–Trinajstić information content (AvgIpc) is 2.81. The molecule has 1 N–H and O–H groups in total. The Balaban J connectivity index is 2.31. The Labute approximate surface area is 118 Å². The lowest BCUT2D eigenvalue weighted by Gasteiger charge is -2.17. The average molecular weight is 275 g/mol. The molecule has 0 aliphatic heterocycles. The number of nitrogens with one attached hydrogen (secondary N) is 1. The van der Waals surface area contributed by atoms with Crippen molar-refractivity contribution in [3.05, 3.63) is 23.5 Å². The third-order valence-corrected chi connectivity index (χ3v) is 3.53.